The third kappa shape index (κ3) is 3.85. The Hall–Kier alpha value is -4.30. The number of halogens is 1. The van der Waals surface area contributed by atoms with E-state index in [4.69, 9.17) is 4.74 Å². The lowest BCUT2D eigenvalue weighted by molar-refractivity contribution is 0.413. The van der Waals surface area contributed by atoms with Gasteiger partial charge in [0.25, 0.3) is 5.56 Å². The highest BCUT2D eigenvalue weighted by Crippen LogP contribution is 2.35. The second-order valence-corrected chi connectivity index (χ2v) is 9.14. The summed E-state index contributed by atoms with van der Waals surface area (Å²) in [5, 5.41) is 2.15. The Balaban J connectivity index is 1.50. The summed E-state index contributed by atoms with van der Waals surface area (Å²) in [4.78, 5) is 26.8. The summed E-state index contributed by atoms with van der Waals surface area (Å²) in [5.74, 6) is 0.792. The van der Waals surface area contributed by atoms with Crippen LogP contribution in [0.1, 0.15) is 5.69 Å². The van der Waals surface area contributed by atoms with Crippen LogP contribution in [0.25, 0.3) is 38.8 Å². The van der Waals surface area contributed by atoms with Crippen molar-refractivity contribution < 1.29 is 4.74 Å². The number of hydrogen-bond acceptors (Lipinski definition) is 5. The second kappa shape index (κ2) is 9.05. The van der Waals surface area contributed by atoms with Crippen molar-refractivity contribution in [1.29, 1.82) is 0 Å². The second-order valence-electron chi connectivity index (χ2n) is 8.35. The van der Waals surface area contributed by atoms with E-state index in [1.807, 2.05) is 59.3 Å². The van der Waals surface area contributed by atoms with Crippen LogP contribution in [0.15, 0.2) is 101 Å². The van der Waals surface area contributed by atoms with E-state index in [1.54, 1.807) is 30.4 Å². The molecule has 8 heteroatoms. The highest BCUT2D eigenvalue weighted by molar-refractivity contribution is 9.10. The van der Waals surface area contributed by atoms with E-state index in [9.17, 15) is 4.79 Å². The minimum Gasteiger partial charge on any atom is -0.496 e. The molecule has 0 aliphatic rings. The van der Waals surface area contributed by atoms with E-state index < -0.39 is 0 Å². The summed E-state index contributed by atoms with van der Waals surface area (Å²) in [6.45, 7) is 0.326. The molecule has 0 aliphatic carbocycles. The first-order valence-electron chi connectivity index (χ1n) is 11.3. The molecule has 0 atom stereocenters. The first kappa shape index (κ1) is 22.2. The van der Waals surface area contributed by atoms with E-state index in [0.717, 1.165) is 37.8 Å². The van der Waals surface area contributed by atoms with E-state index >= 15 is 0 Å². The molecule has 0 saturated carbocycles. The number of nitrogens with zero attached hydrogens (tertiary/aromatic N) is 5. The molecule has 3 aromatic heterocycles. The molecule has 176 valence electrons. The fourth-order valence-electron chi connectivity index (χ4n) is 4.40. The lowest BCUT2D eigenvalue weighted by atomic mass is 10.0. The fourth-order valence-corrected chi connectivity index (χ4v) is 5.05. The molecule has 0 amide bonds. The Morgan fingerprint density at radius 1 is 0.972 bits per heavy atom. The molecule has 0 spiro atoms. The molecule has 0 fully saturated rings. The number of rotatable bonds is 5. The van der Waals surface area contributed by atoms with E-state index in [2.05, 4.69) is 49.1 Å². The van der Waals surface area contributed by atoms with Gasteiger partial charge in [0.2, 0.25) is 0 Å². The van der Waals surface area contributed by atoms with Crippen molar-refractivity contribution in [2.75, 3.05) is 7.11 Å². The zero-order valence-electron chi connectivity index (χ0n) is 19.3. The van der Waals surface area contributed by atoms with Crippen LogP contribution < -0.4 is 10.3 Å². The Kier molecular flexibility index (Phi) is 5.58. The number of benzene rings is 3. The lowest BCUT2D eigenvalue weighted by Crippen LogP contribution is -2.26. The molecular weight excluding hydrogens is 518 g/mol. The van der Waals surface area contributed by atoms with Gasteiger partial charge in [0.1, 0.15) is 17.0 Å². The minimum absolute atomic E-state index is 0.207. The molecule has 0 unspecified atom stereocenters. The molecule has 0 radical (unpaired) electrons. The van der Waals surface area contributed by atoms with Crippen molar-refractivity contribution in [1.82, 2.24) is 24.1 Å². The van der Waals surface area contributed by atoms with E-state index in [-0.39, 0.29) is 5.56 Å². The van der Waals surface area contributed by atoms with E-state index in [0.29, 0.717) is 23.4 Å². The average molecular weight is 538 g/mol. The Bertz CT molecular complexity index is 1790. The predicted octanol–water partition coefficient (Wildman–Crippen LogP) is 5.62. The molecule has 7 nitrogen and oxygen atoms in total. The van der Waals surface area contributed by atoms with Crippen molar-refractivity contribution in [2.45, 2.75) is 6.54 Å². The summed E-state index contributed by atoms with van der Waals surface area (Å²) in [6, 6.07) is 21.9. The van der Waals surface area contributed by atoms with Crippen LogP contribution in [0, 0.1) is 0 Å². The summed E-state index contributed by atoms with van der Waals surface area (Å²) in [5.41, 5.74) is 4.15. The predicted molar refractivity (Wildman–Crippen MR) is 144 cm³/mol. The Labute approximate surface area is 214 Å². The highest BCUT2D eigenvalue weighted by Gasteiger charge is 2.15. The van der Waals surface area contributed by atoms with Gasteiger partial charge in [-0.05, 0) is 74.2 Å². The van der Waals surface area contributed by atoms with Gasteiger partial charge < -0.3 is 9.30 Å². The molecule has 0 bridgehead atoms. The van der Waals surface area contributed by atoms with Gasteiger partial charge in [-0.15, -0.1) is 0 Å². The van der Waals surface area contributed by atoms with Crippen LogP contribution in [0.2, 0.25) is 0 Å². The van der Waals surface area contributed by atoms with Gasteiger partial charge in [-0.1, -0.05) is 30.3 Å². The van der Waals surface area contributed by atoms with Crippen LogP contribution >= 0.6 is 15.9 Å². The fraction of sp³-hybridized carbons (Fsp3) is 0.0714. The van der Waals surface area contributed by atoms with Crippen molar-refractivity contribution in [3.8, 4) is 22.6 Å². The highest BCUT2D eigenvalue weighted by atomic mass is 79.9. The van der Waals surface area contributed by atoms with Gasteiger partial charge >= 0.3 is 0 Å². The van der Waals surface area contributed by atoms with Crippen molar-refractivity contribution in [3.05, 3.63) is 112 Å². The molecule has 3 heterocycles. The topological polar surface area (TPSA) is 74.8 Å². The SMILES string of the molecule is COc1ccc2cc(-c3cccc(-n4c(=O)c(Cn5ccnc5)nc5cccnc54)c3)ccc2c1Br. The molecule has 36 heavy (non-hydrogen) atoms. The van der Waals surface area contributed by atoms with Crippen molar-refractivity contribution in [3.63, 3.8) is 0 Å². The summed E-state index contributed by atoms with van der Waals surface area (Å²) in [7, 11) is 1.66. The third-order valence-electron chi connectivity index (χ3n) is 6.15. The monoisotopic (exact) mass is 537 g/mol. The molecule has 3 aromatic carbocycles. The number of ether oxygens (including phenoxy) is 1. The van der Waals surface area contributed by atoms with Gasteiger partial charge in [-0.25, -0.2) is 15.0 Å². The molecule has 0 N–H and O–H groups in total. The average Bonchev–Trinajstić information content (AvgIpc) is 3.42. The maximum Gasteiger partial charge on any atom is 0.280 e. The summed E-state index contributed by atoms with van der Waals surface area (Å²) >= 11 is 3.64. The first-order valence-corrected chi connectivity index (χ1v) is 12.1. The maximum atomic E-state index is 13.6. The molecular formula is C28H20BrN5O2. The molecule has 6 aromatic rings. The van der Waals surface area contributed by atoms with Crippen LogP contribution in [0.3, 0.4) is 0 Å². The number of pyridine rings is 1. The molecule has 0 saturated heterocycles. The quantitative estimate of drug-likeness (QED) is 0.285. The number of hydrogen-bond donors (Lipinski definition) is 0. The molecule has 6 rings (SSSR count). The van der Waals surface area contributed by atoms with E-state index in [1.165, 1.54) is 0 Å². The zero-order chi connectivity index (χ0) is 24.6. The maximum absolute atomic E-state index is 13.6. The van der Waals surface area contributed by atoms with Crippen LogP contribution in [-0.4, -0.2) is 31.2 Å². The van der Waals surface area contributed by atoms with Crippen molar-refractivity contribution in [2.24, 2.45) is 0 Å². The Morgan fingerprint density at radius 3 is 2.69 bits per heavy atom. The Morgan fingerprint density at radius 2 is 1.86 bits per heavy atom. The first-order chi connectivity index (χ1) is 17.6. The van der Waals surface area contributed by atoms with Gasteiger partial charge in [-0.2, -0.15) is 0 Å². The lowest BCUT2D eigenvalue weighted by Gasteiger charge is -2.13. The summed E-state index contributed by atoms with van der Waals surface area (Å²) < 4.78 is 9.82. The molecule has 0 aliphatic heterocycles. The number of methoxy groups -OCH3 is 1. The van der Waals surface area contributed by atoms with Crippen LogP contribution in [0.5, 0.6) is 5.75 Å². The van der Waals surface area contributed by atoms with Crippen LogP contribution in [0.4, 0.5) is 0 Å². The zero-order valence-corrected chi connectivity index (χ0v) is 20.9. The largest absolute Gasteiger partial charge is 0.496 e. The van der Waals surface area contributed by atoms with Gasteiger partial charge in [0, 0.05) is 18.6 Å². The van der Waals surface area contributed by atoms with Gasteiger partial charge in [-0.3, -0.25) is 9.36 Å². The van der Waals surface area contributed by atoms with Gasteiger partial charge in [0.15, 0.2) is 5.65 Å². The smallest absolute Gasteiger partial charge is 0.280 e. The minimum atomic E-state index is -0.207. The standard InChI is InChI=1S/C28H20BrN5O2/c1-36-25-10-8-20-14-19(7-9-22(20)26(25)29)18-4-2-5-21(15-18)34-27-23(6-3-11-31-27)32-24(28(34)35)16-33-13-12-30-17-33/h2-15,17H,16H2,1H3. The van der Waals surface area contributed by atoms with Gasteiger partial charge in [0.05, 0.1) is 30.1 Å². The normalized spacial score (nSPS) is 11.3. The number of aromatic nitrogens is 5. The third-order valence-corrected chi connectivity index (χ3v) is 6.97. The van der Waals surface area contributed by atoms with Crippen molar-refractivity contribution >= 4 is 37.9 Å². The number of imidazole rings is 1. The number of fused-ring (bicyclic) bond motifs is 2. The summed E-state index contributed by atoms with van der Waals surface area (Å²) in [6.07, 6.45) is 6.85. The van der Waals surface area contributed by atoms with Crippen LogP contribution in [-0.2, 0) is 6.54 Å².